The predicted molar refractivity (Wildman–Crippen MR) is 59.1 cm³/mol. The molecule has 90 valence electrons. The van der Waals surface area contributed by atoms with Crippen LogP contribution in [0.2, 0.25) is 0 Å². The maximum atomic E-state index is 5.53. The van der Waals surface area contributed by atoms with Crippen molar-refractivity contribution in [2.24, 2.45) is 0 Å². The fourth-order valence-corrected chi connectivity index (χ4v) is 3.34. The highest BCUT2D eigenvalue weighted by Gasteiger charge is 2.29. The molecule has 2 radical (unpaired) electrons. The van der Waals surface area contributed by atoms with Crippen molar-refractivity contribution in [2.75, 3.05) is 26.4 Å². The van der Waals surface area contributed by atoms with Gasteiger partial charge in [-0.1, -0.05) is 0 Å². The molecule has 0 spiro atoms. The Kier molecular flexibility index (Phi) is 10.9. The minimum absolute atomic E-state index is 0.571. The Hall–Kier alpha value is 0.234. The summed E-state index contributed by atoms with van der Waals surface area (Å²) in [6.07, 6.45) is 0. The lowest BCUT2D eigenvalue weighted by Gasteiger charge is -2.17. The molecular formula is C8H20O5Si2. The summed E-state index contributed by atoms with van der Waals surface area (Å²) in [6.45, 7) is 9.90. The minimum atomic E-state index is -1.69. The van der Waals surface area contributed by atoms with Gasteiger partial charge in [0.25, 0.3) is 0 Å². The van der Waals surface area contributed by atoms with E-state index in [0.717, 1.165) is 0 Å². The molecule has 15 heavy (non-hydrogen) atoms. The Morgan fingerprint density at radius 3 is 1.07 bits per heavy atom. The SMILES string of the molecule is CCO[Si](OCC)O[Si](OCC)OCC. The van der Waals surface area contributed by atoms with Crippen LogP contribution in [0.1, 0.15) is 27.7 Å². The van der Waals surface area contributed by atoms with Crippen LogP contribution in [0.15, 0.2) is 0 Å². The zero-order chi connectivity index (χ0) is 11.5. The first kappa shape index (κ1) is 15.2. The zero-order valence-electron chi connectivity index (χ0n) is 9.87. The second kappa shape index (κ2) is 10.7. The van der Waals surface area contributed by atoms with Gasteiger partial charge in [-0.25, -0.2) is 0 Å². The van der Waals surface area contributed by atoms with E-state index >= 15 is 0 Å². The lowest BCUT2D eigenvalue weighted by molar-refractivity contribution is 0.0937. The van der Waals surface area contributed by atoms with Crippen LogP contribution in [0.25, 0.3) is 0 Å². The summed E-state index contributed by atoms with van der Waals surface area (Å²) < 4.78 is 26.8. The first-order valence-corrected chi connectivity index (χ1v) is 7.66. The van der Waals surface area contributed by atoms with Crippen LogP contribution >= 0.6 is 0 Å². The van der Waals surface area contributed by atoms with Crippen molar-refractivity contribution in [3.05, 3.63) is 0 Å². The van der Waals surface area contributed by atoms with Gasteiger partial charge in [0.2, 0.25) is 0 Å². The molecule has 0 fully saturated rings. The first-order valence-electron chi connectivity index (χ1n) is 5.21. The number of rotatable bonds is 10. The van der Waals surface area contributed by atoms with Gasteiger partial charge in [-0.2, -0.15) is 0 Å². The van der Waals surface area contributed by atoms with E-state index in [2.05, 4.69) is 0 Å². The molecule has 0 heterocycles. The summed E-state index contributed by atoms with van der Waals surface area (Å²) >= 11 is 0. The van der Waals surface area contributed by atoms with Crippen LogP contribution < -0.4 is 0 Å². The van der Waals surface area contributed by atoms with Gasteiger partial charge < -0.3 is 21.8 Å². The Labute approximate surface area is 95.6 Å². The Morgan fingerprint density at radius 2 is 0.867 bits per heavy atom. The fraction of sp³-hybridized carbons (Fsp3) is 1.00. The van der Waals surface area contributed by atoms with E-state index in [9.17, 15) is 0 Å². The third-order valence-corrected chi connectivity index (χ3v) is 4.65. The van der Waals surface area contributed by atoms with Crippen LogP contribution in [0.5, 0.6) is 0 Å². The average Bonchev–Trinajstić information content (AvgIpc) is 2.19. The first-order chi connectivity index (χ1) is 7.28. The molecule has 0 amide bonds. The van der Waals surface area contributed by atoms with Crippen molar-refractivity contribution < 1.29 is 21.8 Å². The van der Waals surface area contributed by atoms with Gasteiger partial charge in [0.05, 0.1) is 0 Å². The standard InChI is InChI=1S/C8H20O5Si2/c1-5-9-14(10-6-2)13-15(11-7-3)12-8-4/h5-8H2,1-4H3. The topological polar surface area (TPSA) is 46.2 Å². The normalized spacial score (nSPS) is 11.6. The van der Waals surface area contributed by atoms with Crippen LogP contribution in [-0.2, 0) is 21.8 Å². The summed E-state index contributed by atoms with van der Waals surface area (Å²) in [5, 5.41) is 0. The molecule has 0 aromatic carbocycles. The third-order valence-electron chi connectivity index (χ3n) is 1.22. The molecule has 0 aromatic rings. The molecule has 0 bridgehead atoms. The summed E-state index contributed by atoms with van der Waals surface area (Å²) in [5.74, 6) is 0. The molecule has 0 aliphatic heterocycles. The minimum Gasteiger partial charge on any atom is -0.372 e. The summed E-state index contributed by atoms with van der Waals surface area (Å²) in [5.41, 5.74) is 0. The van der Waals surface area contributed by atoms with E-state index in [1.165, 1.54) is 0 Å². The van der Waals surface area contributed by atoms with Crippen molar-refractivity contribution in [3.63, 3.8) is 0 Å². The second-order valence-electron chi connectivity index (χ2n) is 2.33. The van der Waals surface area contributed by atoms with Gasteiger partial charge in [-0.3, -0.25) is 0 Å². The predicted octanol–water partition coefficient (Wildman–Crippen LogP) is 1.12. The molecule has 0 saturated carbocycles. The highest BCUT2D eigenvalue weighted by molar-refractivity contribution is 6.51. The van der Waals surface area contributed by atoms with Crippen LogP contribution in [0, 0.1) is 0 Å². The molecule has 0 unspecified atom stereocenters. The Bertz CT molecular complexity index is 112. The average molecular weight is 252 g/mol. The Balaban J connectivity index is 3.93. The fourth-order valence-electron chi connectivity index (χ4n) is 0.741. The van der Waals surface area contributed by atoms with Crippen LogP contribution in [-0.4, -0.2) is 45.5 Å². The second-order valence-corrected chi connectivity index (χ2v) is 5.31. The highest BCUT2D eigenvalue weighted by Crippen LogP contribution is 1.99. The van der Waals surface area contributed by atoms with Crippen LogP contribution in [0.3, 0.4) is 0 Å². The van der Waals surface area contributed by atoms with E-state index in [-0.39, 0.29) is 0 Å². The molecule has 0 saturated heterocycles. The summed E-state index contributed by atoms with van der Waals surface area (Å²) in [6, 6.07) is 0. The molecule has 0 atom stereocenters. The highest BCUT2D eigenvalue weighted by atomic mass is 28.4. The monoisotopic (exact) mass is 252 g/mol. The molecule has 0 aliphatic rings. The largest absolute Gasteiger partial charge is 0.569 e. The van der Waals surface area contributed by atoms with Crippen molar-refractivity contribution in [1.82, 2.24) is 0 Å². The molecule has 0 rings (SSSR count). The van der Waals surface area contributed by atoms with Gasteiger partial charge in [-0.15, -0.1) is 0 Å². The third kappa shape index (κ3) is 8.08. The van der Waals surface area contributed by atoms with Gasteiger partial charge in [0, 0.05) is 26.4 Å². The maximum absolute atomic E-state index is 5.53. The lowest BCUT2D eigenvalue weighted by Crippen LogP contribution is -2.38. The van der Waals surface area contributed by atoms with Crippen molar-refractivity contribution in [2.45, 2.75) is 27.7 Å². The number of hydrogen-bond acceptors (Lipinski definition) is 5. The summed E-state index contributed by atoms with van der Waals surface area (Å²) in [7, 11) is -3.39. The van der Waals surface area contributed by atoms with Gasteiger partial charge in [-0.05, 0) is 27.7 Å². The van der Waals surface area contributed by atoms with Crippen molar-refractivity contribution >= 4 is 19.1 Å². The van der Waals surface area contributed by atoms with Gasteiger partial charge in [0.15, 0.2) is 0 Å². The zero-order valence-corrected chi connectivity index (χ0v) is 11.9. The molecule has 0 N–H and O–H groups in total. The number of hydrogen-bond donors (Lipinski definition) is 0. The van der Waals surface area contributed by atoms with Crippen LogP contribution in [0.4, 0.5) is 0 Å². The van der Waals surface area contributed by atoms with E-state index in [4.69, 9.17) is 21.8 Å². The molecule has 7 heteroatoms. The maximum Gasteiger partial charge on any atom is 0.569 e. The van der Waals surface area contributed by atoms with Crippen molar-refractivity contribution in [3.8, 4) is 0 Å². The summed E-state index contributed by atoms with van der Waals surface area (Å²) in [4.78, 5) is 0. The quantitative estimate of drug-likeness (QED) is 0.545. The Morgan fingerprint density at radius 1 is 0.600 bits per heavy atom. The van der Waals surface area contributed by atoms with E-state index < -0.39 is 19.1 Å². The van der Waals surface area contributed by atoms with Gasteiger partial charge >= 0.3 is 19.1 Å². The molecular weight excluding hydrogens is 232 g/mol. The molecule has 0 aliphatic carbocycles. The van der Waals surface area contributed by atoms with E-state index in [1.807, 2.05) is 27.7 Å². The smallest absolute Gasteiger partial charge is 0.372 e. The van der Waals surface area contributed by atoms with Gasteiger partial charge in [0.1, 0.15) is 0 Å². The molecule has 0 aromatic heterocycles. The lowest BCUT2D eigenvalue weighted by atomic mass is 10.9. The molecule has 5 nitrogen and oxygen atoms in total. The van der Waals surface area contributed by atoms with E-state index in [1.54, 1.807) is 0 Å². The van der Waals surface area contributed by atoms with Crippen molar-refractivity contribution in [1.29, 1.82) is 0 Å². The van der Waals surface area contributed by atoms with E-state index in [0.29, 0.717) is 26.4 Å².